The van der Waals surface area contributed by atoms with Crippen LogP contribution < -0.4 is 10.6 Å². The Balaban J connectivity index is 2.04. The van der Waals surface area contributed by atoms with Crippen molar-refractivity contribution in [2.24, 2.45) is 5.41 Å². The summed E-state index contributed by atoms with van der Waals surface area (Å²) in [6, 6.07) is 9.00. The second-order valence-corrected chi connectivity index (χ2v) is 4.95. The normalized spacial score (nSPS) is 17.8. The fraction of sp³-hybridized carbons (Fsp3) is 0.429. The zero-order valence-corrected chi connectivity index (χ0v) is 10.5. The van der Waals surface area contributed by atoms with Crippen LogP contribution in [0.2, 0.25) is 0 Å². The van der Waals surface area contributed by atoms with E-state index in [0.717, 1.165) is 31.6 Å². The number of nitriles is 1. The molecule has 0 saturated carbocycles. The Hall–Kier alpha value is -1.86. The number of carbonyl (C=O) groups is 1. The van der Waals surface area contributed by atoms with Gasteiger partial charge in [0.1, 0.15) is 0 Å². The first-order chi connectivity index (χ1) is 8.64. The lowest BCUT2D eigenvalue weighted by Crippen LogP contribution is -2.42. The number of amides is 1. The molecule has 1 fully saturated rings. The molecule has 2 N–H and O–H groups in total. The number of carbonyl (C=O) groups excluding carboxylic acids is 1. The van der Waals surface area contributed by atoms with Crippen LogP contribution in [-0.4, -0.2) is 19.0 Å². The molecule has 0 spiro atoms. The van der Waals surface area contributed by atoms with E-state index in [1.54, 1.807) is 24.3 Å². The maximum Gasteiger partial charge on any atom is 0.230 e. The van der Waals surface area contributed by atoms with Gasteiger partial charge in [0.2, 0.25) is 5.91 Å². The van der Waals surface area contributed by atoms with E-state index in [4.69, 9.17) is 5.26 Å². The first-order valence-electron chi connectivity index (χ1n) is 6.16. The summed E-state index contributed by atoms with van der Waals surface area (Å²) < 4.78 is 0. The molecule has 1 aliphatic rings. The van der Waals surface area contributed by atoms with Gasteiger partial charge in [-0.15, -0.1) is 0 Å². The number of nitrogens with one attached hydrogen (secondary N) is 2. The standard InChI is InChI=1S/C14H17N3O/c1-14(6-8-16-9-7-14)13(18)17-12-4-2-11(10-15)3-5-12/h2-5,16H,6-9H2,1H3,(H,17,18). The third kappa shape index (κ3) is 2.69. The molecule has 0 aromatic heterocycles. The van der Waals surface area contributed by atoms with Crippen LogP contribution in [0.5, 0.6) is 0 Å². The van der Waals surface area contributed by atoms with Crippen LogP contribution in [0.1, 0.15) is 25.3 Å². The van der Waals surface area contributed by atoms with Crippen molar-refractivity contribution in [1.82, 2.24) is 5.32 Å². The number of hydrogen-bond donors (Lipinski definition) is 2. The number of anilines is 1. The van der Waals surface area contributed by atoms with E-state index in [1.807, 2.05) is 6.92 Å². The van der Waals surface area contributed by atoms with Crippen LogP contribution in [0.3, 0.4) is 0 Å². The second-order valence-electron chi connectivity index (χ2n) is 4.95. The molecular formula is C14H17N3O. The van der Waals surface area contributed by atoms with Gasteiger partial charge in [-0.05, 0) is 50.2 Å². The van der Waals surface area contributed by atoms with Crippen LogP contribution in [0.4, 0.5) is 5.69 Å². The van der Waals surface area contributed by atoms with Crippen LogP contribution in [-0.2, 0) is 4.79 Å². The van der Waals surface area contributed by atoms with Gasteiger partial charge in [0.15, 0.2) is 0 Å². The monoisotopic (exact) mass is 243 g/mol. The number of nitrogens with zero attached hydrogens (tertiary/aromatic N) is 1. The van der Waals surface area contributed by atoms with Crippen LogP contribution in [0, 0.1) is 16.7 Å². The zero-order valence-electron chi connectivity index (χ0n) is 10.5. The number of hydrogen-bond acceptors (Lipinski definition) is 3. The SMILES string of the molecule is CC1(C(=O)Nc2ccc(C#N)cc2)CCNCC1. The Kier molecular flexibility index (Phi) is 3.63. The largest absolute Gasteiger partial charge is 0.326 e. The van der Waals surface area contributed by atoms with Crippen molar-refractivity contribution in [3.8, 4) is 6.07 Å². The molecule has 0 radical (unpaired) electrons. The lowest BCUT2D eigenvalue weighted by Gasteiger charge is -2.32. The topological polar surface area (TPSA) is 64.9 Å². The lowest BCUT2D eigenvalue weighted by molar-refractivity contribution is -0.126. The Morgan fingerprint density at radius 3 is 2.50 bits per heavy atom. The van der Waals surface area contributed by atoms with Crippen molar-refractivity contribution in [1.29, 1.82) is 5.26 Å². The molecule has 4 heteroatoms. The summed E-state index contributed by atoms with van der Waals surface area (Å²) in [7, 11) is 0. The predicted molar refractivity (Wildman–Crippen MR) is 70.0 cm³/mol. The first kappa shape index (κ1) is 12.6. The highest BCUT2D eigenvalue weighted by Crippen LogP contribution is 2.29. The van der Waals surface area contributed by atoms with Crippen molar-refractivity contribution < 1.29 is 4.79 Å². The lowest BCUT2D eigenvalue weighted by atomic mass is 9.80. The average molecular weight is 243 g/mol. The summed E-state index contributed by atoms with van der Waals surface area (Å²) in [5.41, 5.74) is 1.05. The summed E-state index contributed by atoms with van der Waals surface area (Å²) in [4.78, 5) is 12.2. The van der Waals surface area contributed by atoms with Gasteiger partial charge in [0.05, 0.1) is 11.6 Å². The third-order valence-electron chi connectivity index (χ3n) is 3.53. The van der Waals surface area contributed by atoms with Gasteiger partial charge in [0.25, 0.3) is 0 Å². The number of piperidine rings is 1. The van der Waals surface area contributed by atoms with E-state index in [0.29, 0.717) is 5.56 Å². The molecule has 0 aliphatic carbocycles. The van der Waals surface area contributed by atoms with E-state index in [-0.39, 0.29) is 11.3 Å². The molecule has 1 aromatic rings. The minimum atomic E-state index is -0.293. The van der Waals surface area contributed by atoms with Gasteiger partial charge in [-0.1, -0.05) is 6.92 Å². The van der Waals surface area contributed by atoms with Crippen molar-refractivity contribution in [3.05, 3.63) is 29.8 Å². The quantitative estimate of drug-likeness (QED) is 0.833. The summed E-state index contributed by atoms with van der Waals surface area (Å²) in [6.45, 7) is 3.78. The molecular weight excluding hydrogens is 226 g/mol. The van der Waals surface area contributed by atoms with Crippen molar-refractivity contribution in [2.45, 2.75) is 19.8 Å². The second kappa shape index (κ2) is 5.19. The van der Waals surface area contributed by atoms with Gasteiger partial charge < -0.3 is 10.6 Å². The molecule has 0 bridgehead atoms. The Bertz CT molecular complexity index is 467. The minimum Gasteiger partial charge on any atom is -0.326 e. The fourth-order valence-electron chi connectivity index (χ4n) is 2.12. The number of rotatable bonds is 2. The molecule has 1 heterocycles. The minimum absolute atomic E-state index is 0.0636. The zero-order chi connectivity index (χ0) is 13.0. The third-order valence-corrected chi connectivity index (χ3v) is 3.53. The van der Waals surface area contributed by atoms with Crippen LogP contribution in [0.15, 0.2) is 24.3 Å². The molecule has 18 heavy (non-hydrogen) atoms. The van der Waals surface area contributed by atoms with Crippen molar-refractivity contribution in [3.63, 3.8) is 0 Å². The smallest absolute Gasteiger partial charge is 0.230 e. The molecule has 0 atom stereocenters. The average Bonchev–Trinajstić information content (AvgIpc) is 2.40. The summed E-state index contributed by atoms with van der Waals surface area (Å²) in [5.74, 6) is 0.0636. The van der Waals surface area contributed by atoms with Crippen molar-refractivity contribution >= 4 is 11.6 Å². The Labute approximate surface area is 107 Å². The summed E-state index contributed by atoms with van der Waals surface area (Å²) >= 11 is 0. The summed E-state index contributed by atoms with van der Waals surface area (Å²) in [5, 5.41) is 14.9. The molecule has 0 unspecified atom stereocenters. The molecule has 94 valence electrons. The van der Waals surface area contributed by atoms with Crippen LogP contribution in [0.25, 0.3) is 0 Å². The Morgan fingerprint density at radius 2 is 1.94 bits per heavy atom. The van der Waals surface area contributed by atoms with E-state index in [1.165, 1.54) is 0 Å². The highest BCUT2D eigenvalue weighted by Gasteiger charge is 2.34. The summed E-state index contributed by atoms with van der Waals surface area (Å²) in [6.07, 6.45) is 1.71. The van der Waals surface area contributed by atoms with E-state index in [2.05, 4.69) is 16.7 Å². The van der Waals surface area contributed by atoms with Gasteiger partial charge >= 0.3 is 0 Å². The van der Waals surface area contributed by atoms with E-state index >= 15 is 0 Å². The van der Waals surface area contributed by atoms with Crippen LogP contribution >= 0.6 is 0 Å². The van der Waals surface area contributed by atoms with Gasteiger partial charge in [-0.3, -0.25) is 4.79 Å². The highest BCUT2D eigenvalue weighted by molar-refractivity contribution is 5.95. The molecule has 2 rings (SSSR count). The van der Waals surface area contributed by atoms with Gasteiger partial charge in [-0.2, -0.15) is 5.26 Å². The Morgan fingerprint density at radius 1 is 1.33 bits per heavy atom. The predicted octanol–water partition coefficient (Wildman–Crippen LogP) is 1.89. The first-order valence-corrected chi connectivity index (χ1v) is 6.16. The highest BCUT2D eigenvalue weighted by atomic mass is 16.2. The van der Waals surface area contributed by atoms with E-state index < -0.39 is 0 Å². The number of benzene rings is 1. The molecule has 1 aliphatic heterocycles. The van der Waals surface area contributed by atoms with Gasteiger partial charge in [-0.25, -0.2) is 0 Å². The maximum atomic E-state index is 12.2. The van der Waals surface area contributed by atoms with E-state index in [9.17, 15) is 4.79 Å². The molecule has 4 nitrogen and oxygen atoms in total. The maximum absolute atomic E-state index is 12.2. The van der Waals surface area contributed by atoms with Crippen molar-refractivity contribution in [2.75, 3.05) is 18.4 Å². The molecule has 1 saturated heterocycles. The van der Waals surface area contributed by atoms with Gasteiger partial charge in [0, 0.05) is 11.1 Å². The molecule has 1 amide bonds. The fourth-order valence-corrected chi connectivity index (χ4v) is 2.12. The molecule has 1 aromatic carbocycles.